The number of nitrogens with zero attached hydrogens (tertiary/aromatic N) is 3. The zero-order valence-corrected chi connectivity index (χ0v) is 17.5. The molecule has 1 aliphatic heterocycles. The molecule has 0 bridgehead atoms. The number of carbonyl (C=O) groups excluding carboxylic acids is 2. The molecular weight excluding hydrogens is 424 g/mol. The van der Waals surface area contributed by atoms with Gasteiger partial charge in [0.2, 0.25) is 11.8 Å². The second kappa shape index (κ2) is 10.9. The topological polar surface area (TPSA) is 168 Å². The van der Waals surface area contributed by atoms with Crippen LogP contribution in [0.1, 0.15) is 24.0 Å². The van der Waals surface area contributed by atoms with Gasteiger partial charge in [0.15, 0.2) is 0 Å². The Morgan fingerprint density at radius 1 is 0.875 bits per heavy atom. The molecule has 0 aromatic heterocycles. The van der Waals surface area contributed by atoms with Gasteiger partial charge in [-0.05, 0) is 12.1 Å². The Kier molecular flexibility index (Phi) is 8.32. The van der Waals surface area contributed by atoms with Crippen molar-refractivity contribution >= 4 is 34.6 Å². The number of nitrogen functional groups attached to an aromatic ring is 1. The van der Waals surface area contributed by atoms with Crippen LogP contribution in [0.4, 0.5) is 22.7 Å². The summed E-state index contributed by atoms with van der Waals surface area (Å²) in [7, 11) is 2.95. The minimum Gasteiger partial charge on any atom is -0.398 e. The summed E-state index contributed by atoms with van der Waals surface area (Å²) in [5.74, 6) is -0.590. The molecule has 2 amide bonds. The maximum absolute atomic E-state index is 11.7. The van der Waals surface area contributed by atoms with Crippen molar-refractivity contribution in [2.75, 3.05) is 24.9 Å². The van der Waals surface area contributed by atoms with Crippen molar-refractivity contribution < 1.29 is 28.9 Å². The number of rotatable bonds is 7. The summed E-state index contributed by atoms with van der Waals surface area (Å²) >= 11 is 0. The highest BCUT2D eigenvalue weighted by Gasteiger charge is 2.32. The molecule has 1 saturated heterocycles. The second-order valence-corrected chi connectivity index (χ2v) is 6.70. The molecule has 1 fully saturated rings. The number of benzene rings is 2. The Balaban J connectivity index is 0.000000244. The fraction of sp³-hybridized carbons (Fsp3) is 0.300. The molecule has 3 rings (SSSR count). The largest absolute Gasteiger partial charge is 0.398 e. The standard InChI is InChI=1S/C12H12N2O5.C8H10N2O3/c1-19-7-8-6-9(14(17)18)2-3-10(8)13-11(15)4-5-12(13)16;1-13-5-6-4-7(10(11)12)2-3-8(6)9/h2-3,6H,4-5,7H2,1H3;2-4H,5,9H2,1H3. The van der Waals surface area contributed by atoms with Crippen molar-refractivity contribution in [1.29, 1.82) is 0 Å². The number of non-ortho nitro benzene ring substituents is 2. The molecule has 0 saturated carbocycles. The van der Waals surface area contributed by atoms with Gasteiger partial charge in [-0.25, -0.2) is 0 Å². The third-order valence-electron chi connectivity index (χ3n) is 4.50. The molecule has 2 aromatic carbocycles. The third kappa shape index (κ3) is 5.83. The molecule has 0 atom stereocenters. The molecular formula is C20H22N4O8. The Morgan fingerprint density at radius 3 is 1.84 bits per heavy atom. The van der Waals surface area contributed by atoms with Crippen molar-refractivity contribution in [3.63, 3.8) is 0 Å². The lowest BCUT2D eigenvalue weighted by Crippen LogP contribution is -2.29. The number of methoxy groups -OCH3 is 2. The average Bonchev–Trinajstić information content (AvgIpc) is 3.08. The fourth-order valence-corrected chi connectivity index (χ4v) is 3.01. The zero-order valence-electron chi connectivity index (χ0n) is 17.5. The summed E-state index contributed by atoms with van der Waals surface area (Å²) in [6.07, 6.45) is 0.338. The van der Waals surface area contributed by atoms with Gasteiger partial charge in [0.1, 0.15) is 0 Å². The van der Waals surface area contributed by atoms with Crippen LogP contribution in [0.15, 0.2) is 36.4 Å². The smallest absolute Gasteiger partial charge is 0.269 e. The molecule has 2 aromatic rings. The van der Waals surface area contributed by atoms with Crippen LogP contribution in [0.25, 0.3) is 0 Å². The van der Waals surface area contributed by atoms with Crippen LogP contribution in [0.3, 0.4) is 0 Å². The molecule has 1 heterocycles. The highest BCUT2D eigenvalue weighted by atomic mass is 16.6. The van der Waals surface area contributed by atoms with E-state index in [-0.39, 0.29) is 49.2 Å². The van der Waals surface area contributed by atoms with Crippen LogP contribution in [0.2, 0.25) is 0 Å². The van der Waals surface area contributed by atoms with Crippen molar-refractivity contribution in [1.82, 2.24) is 0 Å². The molecule has 0 spiro atoms. The number of amides is 2. The maximum atomic E-state index is 11.7. The number of hydrogen-bond donors (Lipinski definition) is 1. The zero-order chi connectivity index (χ0) is 23.8. The first-order valence-corrected chi connectivity index (χ1v) is 9.33. The lowest BCUT2D eigenvalue weighted by molar-refractivity contribution is -0.385. The van der Waals surface area contributed by atoms with Crippen molar-refractivity contribution in [3.8, 4) is 0 Å². The van der Waals surface area contributed by atoms with Gasteiger partial charge in [0.05, 0.1) is 28.7 Å². The number of anilines is 2. The summed E-state index contributed by atoms with van der Waals surface area (Å²) in [6, 6.07) is 8.29. The summed E-state index contributed by atoms with van der Waals surface area (Å²) in [5, 5.41) is 21.1. The van der Waals surface area contributed by atoms with E-state index in [1.165, 1.54) is 50.6 Å². The number of nitro benzene ring substituents is 2. The van der Waals surface area contributed by atoms with Gasteiger partial charge in [0.25, 0.3) is 11.4 Å². The number of nitrogens with two attached hydrogens (primary N) is 1. The minimum atomic E-state index is -0.531. The van der Waals surface area contributed by atoms with Gasteiger partial charge in [-0.15, -0.1) is 0 Å². The number of hydrogen-bond acceptors (Lipinski definition) is 9. The van der Waals surface area contributed by atoms with Crippen LogP contribution in [-0.4, -0.2) is 35.9 Å². The van der Waals surface area contributed by atoms with E-state index in [2.05, 4.69) is 0 Å². The Labute approximate surface area is 182 Å². The fourth-order valence-electron chi connectivity index (χ4n) is 3.01. The van der Waals surface area contributed by atoms with Crippen LogP contribution in [0.5, 0.6) is 0 Å². The van der Waals surface area contributed by atoms with E-state index < -0.39 is 9.85 Å². The summed E-state index contributed by atoms with van der Waals surface area (Å²) in [4.78, 5) is 44.6. The van der Waals surface area contributed by atoms with E-state index in [1.54, 1.807) is 0 Å². The van der Waals surface area contributed by atoms with E-state index >= 15 is 0 Å². The number of imide groups is 1. The first-order chi connectivity index (χ1) is 15.2. The van der Waals surface area contributed by atoms with Crippen molar-refractivity contribution in [3.05, 3.63) is 67.8 Å². The lowest BCUT2D eigenvalue weighted by atomic mass is 10.1. The molecule has 170 valence electrons. The highest BCUT2D eigenvalue weighted by molar-refractivity contribution is 6.20. The van der Waals surface area contributed by atoms with Crippen LogP contribution in [-0.2, 0) is 32.3 Å². The number of nitro groups is 2. The summed E-state index contributed by atoms with van der Waals surface area (Å²) in [5.41, 5.74) is 7.45. The third-order valence-corrected chi connectivity index (χ3v) is 4.50. The predicted molar refractivity (Wildman–Crippen MR) is 114 cm³/mol. The first-order valence-electron chi connectivity index (χ1n) is 9.33. The Hall–Kier alpha value is -3.90. The van der Waals surface area contributed by atoms with E-state index in [4.69, 9.17) is 15.2 Å². The normalized spacial score (nSPS) is 13.0. The Morgan fingerprint density at radius 2 is 1.34 bits per heavy atom. The lowest BCUT2D eigenvalue weighted by Gasteiger charge is -2.17. The number of ether oxygens (including phenoxy) is 2. The SMILES string of the molecule is COCc1cc([N+](=O)[O-])ccc1N.COCc1cc([N+](=O)[O-])ccc1N1C(=O)CCC1=O. The average molecular weight is 446 g/mol. The summed E-state index contributed by atoms with van der Waals surface area (Å²) in [6.45, 7) is 0.377. The quantitative estimate of drug-likeness (QED) is 0.291. The Bertz CT molecular complexity index is 1020. The predicted octanol–water partition coefficient (Wildman–Crippen LogP) is 2.72. The second-order valence-electron chi connectivity index (χ2n) is 6.70. The molecule has 0 unspecified atom stereocenters. The maximum Gasteiger partial charge on any atom is 0.269 e. The van der Waals surface area contributed by atoms with Gasteiger partial charge >= 0.3 is 0 Å². The molecule has 0 radical (unpaired) electrons. The molecule has 1 aliphatic rings. The molecule has 12 nitrogen and oxygen atoms in total. The van der Waals surface area contributed by atoms with Gasteiger partial charge in [0, 0.05) is 68.1 Å². The monoisotopic (exact) mass is 446 g/mol. The van der Waals surface area contributed by atoms with Crippen molar-refractivity contribution in [2.45, 2.75) is 26.1 Å². The minimum absolute atomic E-state index is 0.0289. The van der Waals surface area contributed by atoms with Crippen LogP contribution < -0.4 is 10.6 Å². The van der Waals surface area contributed by atoms with Gasteiger partial charge in [-0.2, -0.15) is 0 Å². The van der Waals surface area contributed by atoms with E-state index in [1.807, 2.05) is 0 Å². The molecule has 2 N–H and O–H groups in total. The van der Waals surface area contributed by atoms with E-state index in [0.717, 1.165) is 4.90 Å². The molecule has 12 heteroatoms. The van der Waals surface area contributed by atoms with E-state index in [9.17, 15) is 29.8 Å². The van der Waals surface area contributed by atoms with Crippen LogP contribution in [0, 0.1) is 20.2 Å². The first kappa shape index (κ1) is 24.4. The highest BCUT2D eigenvalue weighted by Crippen LogP contribution is 2.30. The van der Waals surface area contributed by atoms with Gasteiger partial charge < -0.3 is 15.2 Å². The van der Waals surface area contributed by atoms with Crippen molar-refractivity contribution in [2.24, 2.45) is 0 Å². The number of carbonyl (C=O) groups is 2. The molecule has 32 heavy (non-hydrogen) atoms. The van der Waals surface area contributed by atoms with Gasteiger partial charge in [-0.3, -0.25) is 34.7 Å². The summed E-state index contributed by atoms with van der Waals surface area (Å²) < 4.78 is 9.80. The van der Waals surface area contributed by atoms with Crippen LogP contribution >= 0.6 is 0 Å². The van der Waals surface area contributed by atoms with E-state index in [0.29, 0.717) is 22.5 Å². The van der Waals surface area contributed by atoms with Gasteiger partial charge in [-0.1, -0.05) is 0 Å². The molecule has 0 aliphatic carbocycles.